The first-order valence-corrected chi connectivity index (χ1v) is 3.57. The summed E-state index contributed by atoms with van der Waals surface area (Å²) in [4.78, 5) is 0. The van der Waals surface area contributed by atoms with Gasteiger partial charge in [-0.2, -0.15) is 0 Å². The zero-order chi connectivity index (χ0) is 6.69. The van der Waals surface area contributed by atoms with Gasteiger partial charge >= 0.3 is 0 Å². The van der Waals surface area contributed by atoms with Crippen LogP contribution in [0.1, 0.15) is 0 Å². The van der Waals surface area contributed by atoms with Crippen molar-refractivity contribution in [2.45, 2.75) is 6.54 Å². The lowest BCUT2D eigenvalue weighted by atomic mass is 10.7. The van der Waals surface area contributed by atoms with Crippen molar-refractivity contribution in [3.8, 4) is 0 Å². The number of halogens is 1. The van der Waals surface area contributed by atoms with Gasteiger partial charge in [0.1, 0.15) is 3.70 Å². The van der Waals surface area contributed by atoms with Gasteiger partial charge < -0.3 is 5.11 Å². The minimum atomic E-state index is 0.110. The molecule has 1 aromatic heterocycles. The predicted molar refractivity (Wildman–Crippen MR) is 39.8 cm³/mol. The molecule has 1 N–H and O–H groups in total. The Bertz CT molecular complexity index is 188. The van der Waals surface area contributed by atoms with Crippen molar-refractivity contribution in [3.63, 3.8) is 0 Å². The van der Waals surface area contributed by atoms with E-state index in [1.54, 1.807) is 10.9 Å². The molecule has 0 atom stereocenters. The second kappa shape index (κ2) is 3.11. The number of aliphatic hydroxyl groups excluding tert-OH is 1. The highest BCUT2D eigenvalue weighted by Crippen LogP contribution is 1.98. The topological polar surface area (TPSA) is 50.9 Å². The van der Waals surface area contributed by atoms with E-state index in [-0.39, 0.29) is 6.61 Å². The van der Waals surface area contributed by atoms with Crippen LogP contribution in [0.4, 0.5) is 0 Å². The van der Waals surface area contributed by atoms with Gasteiger partial charge in [-0.3, -0.25) is 0 Å². The van der Waals surface area contributed by atoms with Gasteiger partial charge in [-0.05, 0) is 22.6 Å². The molecule has 1 aromatic rings. The number of hydrogen-bond acceptors (Lipinski definition) is 3. The molecule has 0 aliphatic rings. The summed E-state index contributed by atoms with van der Waals surface area (Å²) >= 11 is 2.11. The standard InChI is InChI=1S/C4H6IN3O/c5-4-3-6-7-8(4)1-2-9/h3,9H,1-2H2. The Morgan fingerprint density at radius 1 is 1.78 bits per heavy atom. The Labute approximate surface area is 66.0 Å². The molecule has 0 aromatic carbocycles. The van der Waals surface area contributed by atoms with E-state index in [1.807, 2.05) is 0 Å². The molecule has 0 saturated carbocycles. The fourth-order valence-electron chi connectivity index (χ4n) is 0.491. The molecular weight excluding hydrogens is 233 g/mol. The van der Waals surface area contributed by atoms with Crippen molar-refractivity contribution < 1.29 is 5.11 Å². The molecule has 4 nitrogen and oxygen atoms in total. The molecule has 1 rings (SSSR count). The highest BCUT2D eigenvalue weighted by molar-refractivity contribution is 14.1. The third-order valence-electron chi connectivity index (χ3n) is 0.882. The first-order chi connectivity index (χ1) is 4.34. The number of rotatable bonds is 2. The van der Waals surface area contributed by atoms with E-state index in [9.17, 15) is 0 Å². The van der Waals surface area contributed by atoms with E-state index < -0.39 is 0 Å². The average Bonchev–Trinajstić information content (AvgIpc) is 2.18. The SMILES string of the molecule is OCCn1nncc1I. The van der Waals surface area contributed by atoms with Gasteiger partial charge in [0.25, 0.3) is 0 Å². The Hall–Kier alpha value is -0.170. The Morgan fingerprint density at radius 3 is 3.00 bits per heavy atom. The van der Waals surface area contributed by atoms with Crippen molar-refractivity contribution in [2.24, 2.45) is 0 Å². The van der Waals surface area contributed by atoms with Crippen molar-refractivity contribution in [1.82, 2.24) is 15.0 Å². The minimum Gasteiger partial charge on any atom is -0.394 e. The molecule has 1 heterocycles. The summed E-state index contributed by atoms with van der Waals surface area (Å²) in [5.74, 6) is 0. The minimum absolute atomic E-state index is 0.110. The summed E-state index contributed by atoms with van der Waals surface area (Å²) < 4.78 is 2.59. The van der Waals surface area contributed by atoms with Crippen molar-refractivity contribution in [3.05, 3.63) is 9.90 Å². The lowest BCUT2D eigenvalue weighted by Crippen LogP contribution is -2.05. The second-order valence-corrected chi connectivity index (χ2v) is 2.61. The van der Waals surface area contributed by atoms with Crippen LogP contribution in [0.2, 0.25) is 0 Å². The van der Waals surface area contributed by atoms with Gasteiger partial charge in [0.15, 0.2) is 0 Å². The van der Waals surface area contributed by atoms with Crippen molar-refractivity contribution in [1.29, 1.82) is 0 Å². The predicted octanol–water partition coefficient (Wildman–Crippen LogP) is -0.125. The maximum atomic E-state index is 8.47. The Balaban J connectivity index is 2.69. The molecule has 0 aliphatic carbocycles. The van der Waals surface area contributed by atoms with Gasteiger partial charge in [-0.25, -0.2) is 4.68 Å². The summed E-state index contributed by atoms with van der Waals surface area (Å²) in [5, 5.41) is 15.8. The summed E-state index contributed by atoms with van der Waals surface area (Å²) in [5.41, 5.74) is 0. The van der Waals surface area contributed by atoms with E-state index in [2.05, 4.69) is 32.9 Å². The molecule has 0 bridgehead atoms. The van der Waals surface area contributed by atoms with E-state index in [0.717, 1.165) is 3.70 Å². The Kier molecular flexibility index (Phi) is 2.40. The second-order valence-electron chi connectivity index (χ2n) is 1.50. The van der Waals surface area contributed by atoms with Crippen molar-refractivity contribution in [2.75, 3.05) is 6.61 Å². The highest BCUT2D eigenvalue weighted by Gasteiger charge is 1.95. The van der Waals surface area contributed by atoms with Crippen LogP contribution in [0.15, 0.2) is 6.20 Å². The molecule has 50 valence electrons. The van der Waals surface area contributed by atoms with Gasteiger partial charge in [0.05, 0.1) is 19.3 Å². The van der Waals surface area contributed by atoms with Crippen LogP contribution in [-0.2, 0) is 6.54 Å². The van der Waals surface area contributed by atoms with Crippen LogP contribution in [-0.4, -0.2) is 26.7 Å². The molecule has 0 saturated heterocycles. The average molecular weight is 239 g/mol. The number of aliphatic hydroxyl groups is 1. The van der Waals surface area contributed by atoms with Crippen LogP contribution in [0.25, 0.3) is 0 Å². The quantitative estimate of drug-likeness (QED) is 0.731. The number of nitrogens with zero attached hydrogens (tertiary/aromatic N) is 3. The van der Waals surface area contributed by atoms with Gasteiger partial charge in [0.2, 0.25) is 0 Å². The smallest absolute Gasteiger partial charge is 0.119 e. The molecule has 0 amide bonds. The molecule has 0 unspecified atom stereocenters. The van der Waals surface area contributed by atoms with Gasteiger partial charge in [0, 0.05) is 0 Å². The third kappa shape index (κ3) is 1.62. The van der Waals surface area contributed by atoms with E-state index >= 15 is 0 Å². The largest absolute Gasteiger partial charge is 0.394 e. The van der Waals surface area contributed by atoms with Crippen LogP contribution < -0.4 is 0 Å². The summed E-state index contributed by atoms with van der Waals surface area (Å²) in [7, 11) is 0. The monoisotopic (exact) mass is 239 g/mol. The zero-order valence-corrected chi connectivity index (χ0v) is 6.82. The Morgan fingerprint density at radius 2 is 2.56 bits per heavy atom. The fourth-order valence-corrected chi connectivity index (χ4v) is 0.954. The zero-order valence-electron chi connectivity index (χ0n) is 4.66. The fraction of sp³-hybridized carbons (Fsp3) is 0.500. The van der Waals surface area contributed by atoms with Gasteiger partial charge in [-0.15, -0.1) is 5.10 Å². The lowest BCUT2D eigenvalue weighted by molar-refractivity contribution is 0.266. The summed E-state index contributed by atoms with van der Waals surface area (Å²) in [6.45, 7) is 0.637. The molecular formula is C4H6IN3O. The highest BCUT2D eigenvalue weighted by atomic mass is 127. The van der Waals surface area contributed by atoms with Crippen LogP contribution in [0.5, 0.6) is 0 Å². The molecule has 0 fully saturated rings. The lowest BCUT2D eigenvalue weighted by Gasteiger charge is -1.94. The maximum Gasteiger partial charge on any atom is 0.119 e. The maximum absolute atomic E-state index is 8.47. The summed E-state index contributed by atoms with van der Waals surface area (Å²) in [6.07, 6.45) is 1.65. The first kappa shape index (κ1) is 6.94. The number of aromatic nitrogens is 3. The van der Waals surface area contributed by atoms with Crippen LogP contribution in [0, 0.1) is 3.70 Å². The van der Waals surface area contributed by atoms with E-state index in [0.29, 0.717) is 6.54 Å². The third-order valence-corrected chi connectivity index (χ3v) is 1.72. The normalized spacial score (nSPS) is 10.0. The summed E-state index contributed by atoms with van der Waals surface area (Å²) in [6, 6.07) is 0. The first-order valence-electron chi connectivity index (χ1n) is 2.49. The van der Waals surface area contributed by atoms with Crippen LogP contribution in [0.3, 0.4) is 0 Å². The molecule has 5 heteroatoms. The van der Waals surface area contributed by atoms with Crippen molar-refractivity contribution >= 4 is 22.6 Å². The molecule has 0 radical (unpaired) electrons. The number of hydrogen-bond donors (Lipinski definition) is 1. The van der Waals surface area contributed by atoms with E-state index in [1.165, 1.54) is 0 Å². The molecule has 0 spiro atoms. The van der Waals surface area contributed by atoms with E-state index in [4.69, 9.17) is 5.11 Å². The molecule has 9 heavy (non-hydrogen) atoms. The van der Waals surface area contributed by atoms with Crippen LogP contribution >= 0.6 is 22.6 Å². The van der Waals surface area contributed by atoms with Gasteiger partial charge in [-0.1, -0.05) is 5.21 Å². The molecule has 0 aliphatic heterocycles.